The van der Waals surface area contributed by atoms with Gasteiger partial charge in [-0.25, -0.2) is 0 Å². The summed E-state index contributed by atoms with van der Waals surface area (Å²) in [5.41, 5.74) is 1.85. The summed E-state index contributed by atoms with van der Waals surface area (Å²) < 4.78 is 7.57. The fourth-order valence-corrected chi connectivity index (χ4v) is 3.44. The number of ether oxygens (including phenoxy) is 1. The van der Waals surface area contributed by atoms with Crippen molar-refractivity contribution in [3.63, 3.8) is 0 Å². The van der Waals surface area contributed by atoms with Crippen LogP contribution in [0, 0.1) is 0 Å². The summed E-state index contributed by atoms with van der Waals surface area (Å²) in [5, 5.41) is 7.04. The van der Waals surface area contributed by atoms with Crippen LogP contribution in [0.1, 0.15) is 27.9 Å². The minimum absolute atomic E-state index is 0.0150. The second-order valence-electron chi connectivity index (χ2n) is 5.89. The first-order valence-corrected chi connectivity index (χ1v) is 9.54. The summed E-state index contributed by atoms with van der Waals surface area (Å²) in [6.45, 7) is 3.75. The predicted molar refractivity (Wildman–Crippen MR) is 104 cm³/mol. The predicted octanol–water partition coefficient (Wildman–Crippen LogP) is 4.47. The monoisotopic (exact) mass is 389 g/mol. The Morgan fingerprint density at radius 1 is 1.31 bits per heavy atom. The Balaban J connectivity index is 1.57. The molecule has 3 aromatic rings. The van der Waals surface area contributed by atoms with Crippen molar-refractivity contribution in [2.24, 2.45) is 0 Å². The molecule has 2 aromatic heterocycles. The summed E-state index contributed by atoms with van der Waals surface area (Å²) >= 11 is 7.29. The first-order chi connectivity index (χ1) is 12.5. The van der Waals surface area contributed by atoms with Crippen LogP contribution < -0.4 is 4.74 Å². The number of aromatic nitrogens is 2. The van der Waals surface area contributed by atoms with Crippen molar-refractivity contribution in [3.8, 4) is 5.75 Å². The Kier molecular flexibility index (Phi) is 5.96. The lowest BCUT2D eigenvalue weighted by atomic mass is 10.3. The van der Waals surface area contributed by atoms with Gasteiger partial charge in [-0.05, 0) is 48.7 Å². The molecule has 0 bridgehead atoms. The van der Waals surface area contributed by atoms with Gasteiger partial charge in [0.1, 0.15) is 12.4 Å². The van der Waals surface area contributed by atoms with Gasteiger partial charge in [0.25, 0.3) is 5.91 Å². The molecule has 1 aromatic carbocycles. The van der Waals surface area contributed by atoms with E-state index in [1.54, 1.807) is 24.1 Å². The molecule has 0 saturated carbocycles. The van der Waals surface area contributed by atoms with Gasteiger partial charge in [-0.3, -0.25) is 9.48 Å². The number of amides is 1. The van der Waals surface area contributed by atoms with Gasteiger partial charge in [0.05, 0.1) is 17.1 Å². The Morgan fingerprint density at radius 3 is 2.77 bits per heavy atom. The van der Waals surface area contributed by atoms with E-state index in [0.29, 0.717) is 23.1 Å². The molecule has 1 amide bonds. The highest BCUT2D eigenvalue weighted by molar-refractivity contribution is 7.12. The molecule has 5 nitrogen and oxygen atoms in total. The molecule has 26 heavy (non-hydrogen) atoms. The molecule has 7 heteroatoms. The first-order valence-electron chi connectivity index (χ1n) is 8.28. The van der Waals surface area contributed by atoms with E-state index in [9.17, 15) is 4.79 Å². The number of carbonyl (C=O) groups is 1. The molecule has 0 radical (unpaired) electrons. The summed E-state index contributed by atoms with van der Waals surface area (Å²) in [7, 11) is 1.79. The normalized spacial score (nSPS) is 10.7. The van der Waals surface area contributed by atoms with Gasteiger partial charge in [0, 0.05) is 30.4 Å². The molecule has 0 aliphatic rings. The number of aryl methyl sites for hydroxylation is 1. The van der Waals surface area contributed by atoms with Gasteiger partial charge in [-0.1, -0.05) is 11.6 Å². The SMILES string of the molecule is CCn1ccc(CN(C)C(=O)c2cc(COc3ccc(Cl)cc3)cs2)n1. The van der Waals surface area contributed by atoms with Crippen molar-refractivity contribution in [1.29, 1.82) is 0 Å². The van der Waals surface area contributed by atoms with Crippen molar-refractivity contribution in [3.05, 3.63) is 69.1 Å². The van der Waals surface area contributed by atoms with Gasteiger partial charge in [0.15, 0.2) is 0 Å². The number of rotatable bonds is 7. The fraction of sp³-hybridized carbons (Fsp3) is 0.263. The van der Waals surface area contributed by atoms with Crippen LogP contribution >= 0.6 is 22.9 Å². The van der Waals surface area contributed by atoms with Crippen LogP contribution in [0.2, 0.25) is 5.02 Å². The third-order valence-corrected chi connectivity index (χ3v) is 5.07. The van der Waals surface area contributed by atoms with Crippen molar-refractivity contribution < 1.29 is 9.53 Å². The van der Waals surface area contributed by atoms with Gasteiger partial charge in [0.2, 0.25) is 0 Å². The minimum Gasteiger partial charge on any atom is -0.489 e. The fourth-order valence-electron chi connectivity index (χ4n) is 2.43. The van der Waals surface area contributed by atoms with E-state index in [1.165, 1.54) is 11.3 Å². The smallest absolute Gasteiger partial charge is 0.264 e. The van der Waals surface area contributed by atoms with E-state index in [1.807, 2.05) is 47.4 Å². The molecule has 0 unspecified atom stereocenters. The second kappa shape index (κ2) is 8.38. The van der Waals surface area contributed by atoms with Gasteiger partial charge >= 0.3 is 0 Å². The van der Waals surface area contributed by atoms with E-state index >= 15 is 0 Å². The zero-order valence-corrected chi connectivity index (χ0v) is 16.3. The Bertz CT molecular complexity index is 873. The van der Waals surface area contributed by atoms with Crippen LogP contribution in [0.3, 0.4) is 0 Å². The lowest BCUT2D eigenvalue weighted by Crippen LogP contribution is -2.25. The van der Waals surface area contributed by atoms with Crippen LogP contribution in [-0.2, 0) is 19.7 Å². The Labute approximate surface area is 161 Å². The highest BCUT2D eigenvalue weighted by Crippen LogP contribution is 2.21. The Hall–Kier alpha value is -2.31. The minimum atomic E-state index is -0.0150. The number of hydrogen-bond acceptors (Lipinski definition) is 4. The van der Waals surface area contributed by atoms with Crippen LogP contribution in [-0.4, -0.2) is 27.6 Å². The molecular formula is C19H20ClN3O2S. The van der Waals surface area contributed by atoms with E-state index in [4.69, 9.17) is 16.3 Å². The zero-order chi connectivity index (χ0) is 18.5. The molecule has 0 spiro atoms. The quantitative estimate of drug-likeness (QED) is 0.599. The third-order valence-electron chi connectivity index (χ3n) is 3.85. The number of hydrogen-bond donors (Lipinski definition) is 0. The van der Waals surface area contributed by atoms with Crippen molar-refractivity contribution >= 4 is 28.8 Å². The van der Waals surface area contributed by atoms with Gasteiger partial charge in [-0.15, -0.1) is 11.3 Å². The molecule has 0 fully saturated rings. The van der Waals surface area contributed by atoms with Crippen molar-refractivity contribution in [2.75, 3.05) is 7.05 Å². The van der Waals surface area contributed by atoms with Crippen LogP contribution in [0.5, 0.6) is 5.75 Å². The molecule has 136 valence electrons. The number of nitrogens with zero attached hydrogens (tertiary/aromatic N) is 3. The maximum atomic E-state index is 12.6. The number of halogens is 1. The topological polar surface area (TPSA) is 47.4 Å². The summed E-state index contributed by atoms with van der Waals surface area (Å²) in [4.78, 5) is 15.0. The molecule has 0 N–H and O–H groups in total. The lowest BCUT2D eigenvalue weighted by molar-refractivity contribution is 0.0788. The number of benzene rings is 1. The lowest BCUT2D eigenvalue weighted by Gasteiger charge is -2.14. The standard InChI is InChI=1S/C19H20ClN3O2S/c1-3-23-9-8-16(21-23)11-22(2)19(24)18-10-14(13-26-18)12-25-17-6-4-15(20)5-7-17/h4-10,13H,3,11-12H2,1-2H3. The summed E-state index contributed by atoms with van der Waals surface area (Å²) in [6.07, 6.45) is 1.92. The average Bonchev–Trinajstić information content (AvgIpc) is 3.30. The maximum absolute atomic E-state index is 12.6. The summed E-state index contributed by atoms with van der Waals surface area (Å²) in [5.74, 6) is 0.732. The molecule has 0 saturated heterocycles. The highest BCUT2D eigenvalue weighted by atomic mass is 35.5. The zero-order valence-electron chi connectivity index (χ0n) is 14.7. The van der Waals surface area contributed by atoms with E-state index < -0.39 is 0 Å². The summed E-state index contributed by atoms with van der Waals surface area (Å²) in [6, 6.07) is 11.0. The molecular weight excluding hydrogens is 370 g/mol. The van der Waals surface area contributed by atoms with Crippen LogP contribution in [0.25, 0.3) is 0 Å². The van der Waals surface area contributed by atoms with E-state index in [-0.39, 0.29) is 5.91 Å². The largest absolute Gasteiger partial charge is 0.489 e. The molecule has 0 atom stereocenters. The van der Waals surface area contributed by atoms with Crippen LogP contribution in [0.15, 0.2) is 48.0 Å². The molecule has 2 heterocycles. The van der Waals surface area contributed by atoms with E-state index in [0.717, 1.165) is 23.6 Å². The first kappa shape index (κ1) is 18.5. The second-order valence-corrected chi connectivity index (χ2v) is 7.23. The third kappa shape index (κ3) is 4.65. The molecule has 0 aliphatic carbocycles. The van der Waals surface area contributed by atoms with Gasteiger partial charge < -0.3 is 9.64 Å². The van der Waals surface area contributed by atoms with Crippen molar-refractivity contribution in [2.45, 2.75) is 26.6 Å². The number of thiophene rings is 1. The number of carbonyl (C=O) groups excluding carboxylic acids is 1. The Morgan fingerprint density at radius 2 is 2.08 bits per heavy atom. The molecule has 3 rings (SSSR count). The van der Waals surface area contributed by atoms with E-state index in [2.05, 4.69) is 5.10 Å². The highest BCUT2D eigenvalue weighted by Gasteiger charge is 2.15. The van der Waals surface area contributed by atoms with Gasteiger partial charge in [-0.2, -0.15) is 5.10 Å². The average molecular weight is 390 g/mol. The maximum Gasteiger partial charge on any atom is 0.264 e. The van der Waals surface area contributed by atoms with Crippen molar-refractivity contribution in [1.82, 2.24) is 14.7 Å². The molecule has 0 aliphatic heterocycles. The van der Waals surface area contributed by atoms with Crippen LogP contribution in [0.4, 0.5) is 0 Å².